The lowest BCUT2D eigenvalue weighted by Gasteiger charge is -2.21. The number of rotatable bonds is 3. The number of aliphatic hydroxyl groups excluding tert-OH is 1. The van der Waals surface area contributed by atoms with Gasteiger partial charge in [-0.1, -0.05) is 48.1 Å². The summed E-state index contributed by atoms with van der Waals surface area (Å²) in [6.07, 6.45) is 1.66. The molecule has 0 heterocycles. The molecule has 0 aromatic rings. The van der Waals surface area contributed by atoms with Gasteiger partial charge in [-0.15, -0.1) is 0 Å². The van der Waals surface area contributed by atoms with Crippen molar-refractivity contribution < 1.29 is 5.11 Å². The highest BCUT2D eigenvalue weighted by molar-refractivity contribution is 6.67. The Morgan fingerprint density at radius 3 is 2.00 bits per heavy atom. The van der Waals surface area contributed by atoms with E-state index >= 15 is 0 Å². The first-order valence-electron chi connectivity index (χ1n) is 3.20. The Bertz CT molecular complexity index is 89.5. The summed E-state index contributed by atoms with van der Waals surface area (Å²) in [5.41, 5.74) is 0. The molecule has 0 aliphatic heterocycles. The lowest BCUT2D eigenvalue weighted by Crippen LogP contribution is -2.22. The van der Waals surface area contributed by atoms with Crippen molar-refractivity contribution in [1.29, 1.82) is 0 Å². The van der Waals surface area contributed by atoms with Gasteiger partial charge in [0.05, 0.1) is 0 Å². The van der Waals surface area contributed by atoms with Gasteiger partial charge in [0.25, 0.3) is 0 Å². The molecule has 0 spiro atoms. The van der Waals surface area contributed by atoms with Crippen molar-refractivity contribution in [2.45, 2.75) is 23.6 Å². The summed E-state index contributed by atoms with van der Waals surface area (Å²) in [5.74, 6) is -0.234. The number of hydrogen-bond donors (Lipinski definition) is 1. The van der Waals surface area contributed by atoms with Crippen molar-refractivity contribution in [3.8, 4) is 0 Å². The minimum absolute atomic E-state index is 0.0651. The predicted octanol–water partition coefficient (Wildman–Crippen LogP) is 2.77. The van der Waals surface area contributed by atoms with Gasteiger partial charge in [-0.25, -0.2) is 0 Å². The van der Waals surface area contributed by atoms with Gasteiger partial charge in [0.15, 0.2) is 3.79 Å². The molecule has 1 N–H and O–H groups in total. The molecule has 0 aliphatic rings. The zero-order valence-electron chi connectivity index (χ0n) is 5.78. The molecule has 0 saturated heterocycles. The Kier molecular flexibility index (Phi) is 5.04. The molecule has 0 saturated carbocycles. The van der Waals surface area contributed by atoms with Crippen LogP contribution in [-0.2, 0) is 0 Å². The molecule has 0 aromatic heterocycles. The van der Waals surface area contributed by atoms with E-state index in [2.05, 4.69) is 0 Å². The maximum absolute atomic E-state index is 8.74. The van der Waals surface area contributed by atoms with Gasteiger partial charge >= 0.3 is 0 Å². The summed E-state index contributed by atoms with van der Waals surface area (Å²) < 4.78 is -1.31. The van der Waals surface area contributed by atoms with Crippen LogP contribution in [0.4, 0.5) is 0 Å². The van der Waals surface area contributed by atoms with Gasteiger partial charge in [0.2, 0.25) is 0 Å². The molecule has 0 rings (SSSR count). The van der Waals surface area contributed by atoms with Gasteiger partial charge in [0, 0.05) is 12.5 Å². The third-order valence-corrected chi connectivity index (χ3v) is 2.25. The van der Waals surface area contributed by atoms with E-state index in [4.69, 9.17) is 39.9 Å². The quantitative estimate of drug-likeness (QED) is 0.703. The van der Waals surface area contributed by atoms with E-state index in [-0.39, 0.29) is 12.5 Å². The van der Waals surface area contributed by atoms with E-state index in [0.717, 1.165) is 12.8 Å². The van der Waals surface area contributed by atoms with Crippen LogP contribution in [0.25, 0.3) is 0 Å². The summed E-state index contributed by atoms with van der Waals surface area (Å²) in [4.78, 5) is 0. The van der Waals surface area contributed by atoms with E-state index in [0.29, 0.717) is 0 Å². The molecule has 0 radical (unpaired) electrons. The van der Waals surface area contributed by atoms with Crippen LogP contribution in [0, 0.1) is 5.92 Å². The van der Waals surface area contributed by atoms with E-state index in [9.17, 15) is 0 Å². The minimum atomic E-state index is -1.31. The lowest BCUT2D eigenvalue weighted by molar-refractivity contribution is 0.220. The van der Waals surface area contributed by atoms with Crippen LogP contribution in [0.15, 0.2) is 0 Å². The fourth-order valence-corrected chi connectivity index (χ4v) is 1.24. The van der Waals surface area contributed by atoms with Crippen molar-refractivity contribution >= 4 is 34.8 Å². The van der Waals surface area contributed by atoms with E-state index in [1.807, 2.05) is 6.92 Å². The van der Waals surface area contributed by atoms with Crippen molar-refractivity contribution in [2.75, 3.05) is 6.61 Å². The van der Waals surface area contributed by atoms with Crippen LogP contribution in [0.2, 0.25) is 0 Å². The Labute approximate surface area is 76.3 Å². The molecular weight excluding hydrogens is 194 g/mol. The van der Waals surface area contributed by atoms with Crippen LogP contribution in [0.1, 0.15) is 19.8 Å². The number of alkyl halides is 3. The molecule has 1 unspecified atom stereocenters. The second kappa shape index (κ2) is 4.66. The Morgan fingerprint density at radius 1 is 1.40 bits per heavy atom. The average molecular weight is 206 g/mol. The van der Waals surface area contributed by atoms with Crippen molar-refractivity contribution in [3.05, 3.63) is 0 Å². The molecule has 0 bridgehead atoms. The largest absolute Gasteiger partial charge is 0.396 e. The van der Waals surface area contributed by atoms with Gasteiger partial charge in [-0.05, 0) is 6.42 Å². The molecule has 0 aliphatic carbocycles. The molecule has 0 amide bonds. The summed E-state index contributed by atoms with van der Waals surface area (Å²) in [5, 5.41) is 8.74. The molecule has 0 fully saturated rings. The van der Waals surface area contributed by atoms with E-state index in [1.54, 1.807) is 0 Å². The zero-order chi connectivity index (χ0) is 8.20. The summed E-state index contributed by atoms with van der Waals surface area (Å²) in [6.45, 7) is 1.92. The van der Waals surface area contributed by atoms with Crippen molar-refractivity contribution in [2.24, 2.45) is 5.92 Å². The SMILES string of the molecule is CCCC(CO)C(Cl)(Cl)Cl. The van der Waals surface area contributed by atoms with Gasteiger partial charge in [-0.2, -0.15) is 0 Å². The maximum atomic E-state index is 8.74. The van der Waals surface area contributed by atoms with Crippen LogP contribution in [0.5, 0.6) is 0 Å². The molecular formula is C6H11Cl3O. The van der Waals surface area contributed by atoms with Crippen LogP contribution in [-0.4, -0.2) is 15.5 Å². The normalized spacial score (nSPS) is 15.3. The fourth-order valence-electron chi connectivity index (χ4n) is 0.707. The van der Waals surface area contributed by atoms with E-state index < -0.39 is 3.79 Å². The molecule has 62 valence electrons. The first kappa shape index (κ1) is 10.8. The Balaban J connectivity index is 3.81. The average Bonchev–Trinajstić information content (AvgIpc) is 1.80. The highest BCUT2D eigenvalue weighted by Crippen LogP contribution is 2.37. The van der Waals surface area contributed by atoms with Crippen molar-refractivity contribution in [3.63, 3.8) is 0 Å². The van der Waals surface area contributed by atoms with Gasteiger partial charge in [0.1, 0.15) is 0 Å². The molecule has 10 heavy (non-hydrogen) atoms. The monoisotopic (exact) mass is 204 g/mol. The van der Waals surface area contributed by atoms with Crippen LogP contribution >= 0.6 is 34.8 Å². The summed E-state index contributed by atoms with van der Waals surface area (Å²) >= 11 is 16.6. The third kappa shape index (κ3) is 3.87. The lowest BCUT2D eigenvalue weighted by atomic mass is 10.1. The molecule has 4 heteroatoms. The highest BCUT2D eigenvalue weighted by atomic mass is 35.6. The van der Waals surface area contributed by atoms with Crippen LogP contribution in [0.3, 0.4) is 0 Å². The predicted molar refractivity (Wildman–Crippen MR) is 45.8 cm³/mol. The number of hydrogen-bond acceptors (Lipinski definition) is 1. The smallest absolute Gasteiger partial charge is 0.195 e. The summed E-state index contributed by atoms with van der Waals surface area (Å²) in [7, 11) is 0. The maximum Gasteiger partial charge on any atom is 0.195 e. The topological polar surface area (TPSA) is 20.2 Å². The third-order valence-electron chi connectivity index (χ3n) is 1.32. The highest BCUT2D eigenvalue weighted by Gasteiger charge is 2.30. The minimum Gasteiger partial charge on any atom is -0.396 e. The van der Waals surface area contributed by atoms with Crippen molar-refractivity contribution in [1.82, 2.24) is 0 Å². The molecule has 1 nitrogen and oxygen atoms in total. The standard InChI is InChI=1S/C6H11Cl3O/c1-2-3-5(4-10)6(7,8)9/h5,10H,2-4H2,1H3. The Hall–Kier alpha value is 0.830. The Morgan fingerprint density at radius 2 is 1.90 bits per heavy atom. The zero-order valence-corrected chi connectivity index (χ0v) is 8.05. The molecule has 1 atom stereocenters. The number of halogens is 3. The van der Waals surface area contributed by atoms with Crippen LogP contribution < -0.4 is 0 Å². The number of aliphatic hydroxyl groups is 1. The second-order valence-electron chi connectivity index (χ2n) is 2.21. The fraction of sp³-hybridized carbons (Fsp3) is 1.00. The van der Waals surface area contributed by atoms with E-state index in [1.165, 1.54) is 0 Å². The molecule has 0 aromatic carbocycles. The summed E-state index contributed by atoms with van der Waals surface area (Å²) in [6, 6.07) is 0. The second-order valence-corrected chi connectivity index (χ2v) is 4.58. The first-order valence-corrected chi connectivity index (χ1v) is 4.33. The van der Waals surface area contributed by atoms with Gasteiger partial charge in [-0.3, -0.25) is 0 Å². The first-order chi connectivity index (χ1) is 4.52. The van der Waals surface area contributed by atoms with Gasteiger partial charge < -0.3 is 5.11 Å².